The summed E-state index contributed by atoms with van der Waals surface area (Å²) < 4.78 is 15.6. The summed E-state index contributed by atoms with van der Waals surface area (Å²) in [6.45, 7) is 7.21. The summed E-state index contributed by atoms with van der Waals surface area (Å²) in [6.07, 6.45) is 0.0177. The average Bonchev–Trinajstić information content (AvgIpc) is 3.17. The predicted molar refractivity (Wildman–Crippen MR) is 129 cm³/mol. The molecule has 0 spiro atoms. The summed E-state index contributed by atoms with van der Waals surface area (Å²) in [4.78, 5) is 42.5. The first-order valence-electron chi connectivity index (χ1n) is 10.8. The van der Waals surface area contributed by atoms with Crippen molar-refractivity contribution in [1.82, 2.24) is 9.97 Å². The second-order valence-corrected chi connectivity index (χ2v) is 8.57. The second-order valence-electron chi connectivity index (χ2n) is 8.57. The Hall–Kier alpha value is -4.27. The normalized spacial score (nSPS) is 11.4. The van der Waals surface area contributed by atoms with Crippen LogP contribution in [-0.2, 0) is 9.47 Å². The fraction of sp³-hybridized carbons (Fsp3) is 0.240. The Kier molecular flexibility index (Phi) is 6.02. The zero-order valence-electron chi connectivity index (χ0n) is 19.3. The van der Waals surface area contributed by atoms with E-state index in [1.807, 2.05) is 30.3 Å². The second kappa shape index (κ2) is 8.93. The van der Waals surface area contributed by atoms with Gasteiger partial charge in [-0.15, -0.1) is 0 Å². The van der Waals surface area contributed by atoms with E-state index in [0.717, 1.165) is 11.1 Å². The monoisotopic (exact) mass is 463 g/mol. The van der Waals surface area contributed by atoms with Crippen molar-refractivity contribution in [3.05, 3.63) is 59.0 Å². The molecule has 0 saturated carbocycles. The molecule has 0 bridgehead atoms. The molecule has 0 unspecified atom stereocenters. The molecule has 2 aromatic heterocycles. The van der Waals surface area contributed by atoms with Crippen LogP contribution in [0, 0.1) is 0 Å². The highest BCUT2D eigenvalue weighted by Gasteiger charge is 2.19. The van der Waals surface area contributed by atoms with E-state index in [1.165, 1.54) is 6.20 Å². The molecule has 2 aromatic carbocycles. The Morgan fingerprint density at radius 3 is 2.59 bits per heavy atom. The Morgan fingerprint density at radius 2 is 1.85 bits per heavy atom. The minimum absolute atomic E-state index is 0.161. The molecule has 1 amide bonds. The van der Waals surface area contributed by atoms with Gasteiger partial charge in [0.05, 0.1) is 17.7 Å². The summed E-state index contributed by atoms with van der Waals surface area (Å²) in [6, 6.07) is 12.8. The predicted octanol–water partition coefficient (Wildman–Crippen LogP) is 5.56. The highest BCUT2D eigenvalue weighted by atomic mass is 16.7. The molecule has 0 aliphatic heterocycles. The maximum atomic E-state index is 12.5. The summed E-state index contributed by atoms with van der Waals surface area (Å²) in [5.74, 6) is 0.182. The van der Waals surface area contributed by atoms with E-state index in [2.05, 4.69) is 15.3 Å². The molecule has 176 valence electrons. The largest absolute Gasteiger partial charge is 0.513 e. The van der Waals surface area contributed by atoms with E-state index < -0.39 is 17.8 Å². The molecular weight excluding hydrogens is 438 g/mol. The molecule has 0 atom stereocenters. The number of benzene rings is 2. The van der Waals surface area contributed by atoms with Gasteiger partial charge in [0.25, 0.3) is 5.56 Å². The first kappa shape index (κ1) is 22.9. The number of hydrogen-bond donors (Lipinski definition) is 3. The third-order valence-corrected chi connectivity index (χ3v) is 4.94. The van der Waals surface area contributed by atoms with E-state index >= 15 is 0 Å². The molecule has 3 N–H and O–H groups in total. The molecule has 9 heteroatoms. The number of fused-ring (bicyclic) bond motifs is 3. The molecule has 34 heavy (non-hydrogen) atoms. The average molecular weight is 463 g/mol. The maximum absolute atomic E-state index is 12.5. The number of pyridine rings is 1. The van der Waals surface area contributed by atoms with E-state index in [9.17, 15) is 14.4 Å². The first-order chi connectivity index (χ1) is 16.2. The molecule has 4 rings (SSSR count). The van der Waals surface area contributed by atoms with Crippen LogP contribution in [0.15, 0.2) is 53.5 Å². The molecule has 4 aromatic rings. The van der Waals surface area contributed by atoms with Crippen LogP contribution in [0.4, 0.5) is 15.3 Å². The zero-order chi connectivity index (χ0) is 24.5. The van der Waals surface area contributed by atoms with Gasteiger partial charge in [0.1, 0.15) is 11.1 Å². The van der Waals surface area contributed by atoms with Crippen molar-refractivity contribution >= 4 is 39.7 Å². The number of H-pyrrole nitrogens is 2. The first-order valence-corrected chi connectivity index (χ1v) is 10.8. The zero-order valence-corrected chi connectivity index (χ0v) is 19.3. The van der Waals surface area contributed by atoms with E-state index in [0.29, 0.717) is 22.0 Å². The van der Waals surface area contributed by atoms with Crippen molar-refractivity contribution in [1.29, 1.82) is 0 Å². The van der Waals surface area contributed by atoms with Gasteiger partial charge >= 0.3 is 12.2 Å². The van der Waals surface area contributed by atoms with Gasteiger partial charge in [0.15, 0.2) is 5.75 Å². The van der Waals surface area contributed by atoms with Gasteiger partial charge in [0.2, 0.25) is 0 Å². The molecule has 0 fully saturated rings. The number of amides is 1. The van der Waals surface area contributed by atoms with Gasteiger partial charge in [-0.3, -0.25) is 10.1 Å². The van der Waals surface area contributed by atoms with Crippen molar-refractivity contribution in [3.63, 3.8) is 0 Å². The quantitative estimate of drug-likeness (QED) is 0.341. The Labute approximate surface area is 195 Å². The SMILES string of the molecule is CCOC(=O)Oc1c[nH]c2c(=O)[nH]c3ccc(-c4ccccc4NC(=O)OC(C)(C)C)cc3c12. The van der Waals surface area contributed by atoms with Gasteiger partial charge in [0, 0.05) is 22.7 Å². The van der Waals surface area contributed by atoms with E-state index in [4.69, 9.17) is 14.2 Å². The van der Waals surface area contributed by atoms with Crippen LogP contribution in [0.25, 0.3) is 32.9 Å². The molecule has 2 heterocycles. The smallest absolute Gasteiger partial charge is 0.444 e. The van der Waals surface area contributed by atoms with Crippen molar-refractivity contribution in [3.8, 4) is 16.9 Å². The molecule has 0 aliphatic rings. The van der Waals surface area contributed by atoms with Crippen molar-refractivity contribution < 1.29 is 23.8 Å². The lowest BCUT2D eigenvalue weighted by atomic mass is 10.00. The van der Waals surface area contributed by atoms with Crippen LogP contribution in [0.3, 0.4) is 0 Å². The number of carbonyl (C=O) groups is 2. The Morgan fingerprint density at radius 1 is 1.09 bits per heavy atom. The van der Waals surface area contributed by atoms with Gasteiger partial charge in [-0.05, 0) is 51.5 Å². The molecule has 0 radical (unpaired) electrons. The number of aromatic amines is 2. The third-order valence-electron chi connectivity index (χ3n) is 4.94. The van der Waals surface area contributed by atoms with Crippen molar-refractivity contribution in [2.45, 2.75) is 33.3 Å². The number of rotatable bonds is 4. The highest BCUT2D eigenvalue weighted by molar-refractivity contribution is 6.10. The van der Waals surface area contributed by atoms with Crippen LogP contribution in [-0.4, -0.2) is 34.4 Å². The highest BCUT2D eigenvalue weighted by Crippen LogP contribution is 2.35. The van der Waals surface area contributed by atoms with Gasteiger partial charge in [-0.25, -0.2) is 9.59 Å². The fourth-order valence-corrected chi connectivity index (χ4v) is 3.64. The minimum atomic E-state index is -0.861. The molecule has 0 saturated heterocycles. The summed E-state index contributed by atoms with van der Waals surface area (Å²) in [7, 11) is 0. The molecule has 9 nitrogen and oxygen atoms in total. The lowest BCUT2D eigenvalue weighted by molar-refractivity contribution is 0.0635. The maximum Gasteiger partial charge on any atom is 0.513 e. The van der Waals surface area contributed by atoms with Crippen molar-refractivity contribution in [2.24, 2.45) is 0 Å². The van der Waals surface area contributed by atoms with Crippen LogP contribution in [0.1, 0.15) is 27.7 Å². The lowest BCUT2D eigenvalue weighted by Crippen LogP contribution is -2.27. The third kappa shape index (κ3) is 4.73. The topological polar surface area (TPSA) is 123 Å². The summed E-state index contributed by atoms with van der Waals surface area (Å²) in [5, 5.41) is 3.90. The summed E-state index contributed by atoms with van der Waals surface area (Å²) in [5.41, 5.74) is 1.93. The van der Waals surface area contributed by atoms with Crippen LogP contribution in [0.5, 0.6) is 5.75 Å². The number of carbonyl (C=O) groups excluding carboxylic acids is 2. The van der Waals surface area contributed by atoms with E-state index in [1.54, 1.807) is 39.8 Å². The molecular formula is C25H25N3O6. The fourth-order valence-electron chi connectivity index (χ4n) is 3.64. The summed E-state index contributed by atoms with van der Waals surface area (Å²) >= 11 is 0. The van der Waals surface area contributed by atoms with Gasteiger partial charge in [-0.2, -0.15) is 0 Å². The van der Waals surface area contributed by atoms with Crippen molar-refractivity contribution in [2.75, 3.05) is 11.9 Å². The number of nitrogens with one attached hydrogen (secondary N) is 3. The van der Waals surface area contributed by atoms with Gasteiger partial charge in [-0.1, -0.05) is 24.3 Å². The molecule has 0 aliphatic carbocycles. The number of anilines is 1. The standard InChI is InChI=1S/C25H25N3O6/c1-5-32-24(31)33-19-13-26-21-20(19)16-12-14(10-11-18(16)27-22(21)29)15-8-6-7-9-17(15)28-23(30)34-25(2,3)4/h6-13,26H,5H2,1-4H3,(H,27,29)(H,28,30). The van der Waals surface area contributed by atoms with Crippen LogP contribution < -0.4 is 15.6 Å². The van der Waals surface area contributed by atoms with Gasteiger partial charge < -0.3 is 24.2 Å². The minimum Gasteiger partial charge on any atom is -0.444 e. The number of ether oxygens (including phenoxy) is 3. The Balaban J connectivity index is 1.82. The Bertz CT molecular complexity index is 1440. The van der Waals surface area contributed by atoms with Crippen LogP contribution >= 0.6 is 0 Å². The number of hydrogen-bond acceptors (Lipinski definition) is 6. The lowest BCUT2D eigenvalue weighted by Gasteiger charge is -2.20. The number of para-hydroxylation sites is 1. The van der Waals surface area contributed by atoms with E-state index in [-0.39, 0.29) is 23.4 Å². The van der Waals surface area contributed by atoms with Crippen LogP contribution in [0.2, 0.25) is 0 Å². The number of aromatic nitrogens is 2.